The average molecular weight is 343 g/mol. The van der Waals surface area contributed by atoms with Crippen molar-refractivity contribution < 1.29 is 25.0 Å². The number of aliphatic hydroxyl groups is 3. The Morgan fingerprint density at radius 1 is 0.958 bits per heavy atom. The molecule has 0 aromatic carbocycles. The molecule has 4 aliphatic carbocycles. The first kappa shape index (κ1) is 18.6. The third kappa shape index (κ3) is 4.70. The van der Waals surface area contributed by atoms with Gasteiger partial charge in [0.15, 0.2) is 0 Å². The lowest BCUT2D eigenvalue weighted by Gasteiger charge is -2.57. The Balaban J connectivity index is 1.35. The van der Waals surface area contributed by atoms with E-state index < -0.39 is 6.10 Å². The van der Waals surface area contributed by atoms with Crippen LogP contribution in [0.25, 0.3) is 0 Å². The third-order valence-electron chi connectivity index (χ3n) is 6.71. The number of aliphatic hydroxyl groups excluding tert-OH is 3. The van der Waals surface area contributed by atoms with Crippen molar-refractivity contribution in [1.29, 1.82) is 0 Å². The maximum absolute atomic E-state index is 10.1. The zero-order valence-corrected chi connectivity index (χ0v) is 15.0. The zero-order valence-electron chi connectivity index (χ0n) is 15.0. The van der Waals surface area contributed by atoms with Crippen LogP contribution in [0.5, 0.6) is 0 Å². The molecule has 0 heterocycles. The van der Waals surface area contributed by atoms with Crippen molar-refractivity contribution in [1.82, 2.24) is 0 Å². The second kappa shape index (κ2) is 8.45. The van der Waals surface area contributed by atoms with Crippen LogP contribution in [0.15, 0.2) is 0 Å². The zero-order chi connectivity index (χ0) is 17.0. The molecule has 0 aromatic heterocycles. The van der Waals surface area contributed by atoms with Gasteiger partial charge < -0.3 is 25.0 Å². The van der Waals surface area contributed by atoms with E-state index >= 15 is 0 Å². The molecule has 4 saturated carbocycles. The first-order chi connectivity index (χ1) is 11.6. The summed E-state index contributed by atoms with van der Waals surface area (Å²) in [5.74, 6) is 2.95. The monoisotopic (exact) mass is 342 g/mol. The van der Waals surface area contributed by atoms with Crippen LogP contribution in [0, 0.1) is 23.2 Å². The average Bonchev–Trinajstić information content (AvgIpc) is 2.51. The van der Waals surface area contributed by atoms with Crippen LogP contribution in [0.3, 0.4) is 0 Å². The van der Waals surface area contributed by atoms with Gasteiger partial charge in [0.1, 0.15) is 25.7 Å². The van der Waals surface area contributed by atoms with Gasteiger partial charge in [-0.2, -0.15) is 0 Å². The second-order valence-corrected chi connectivity index (χ2v) is 8.80. The molecule has 5 nitrogen and oxygen atoms in total. The highest BCUT2D eigenvalue weighted by molar-refractivity contribution is 5.01. The highest BCUT2D eigenvalue weighted by Gasteiger charge is 2.50. The van der Waals surface area contributed by atoms with Gasteiger partial charge in [0.2, 0.25) is 0 Å². The van der Waals surface area contributed by atoms with Crippen molar-refractivity contribution in [2.45, 2.75) is 51.0 Å². The molecule has 0 saturated heterocycles. The smallest absolute Gasteiger partial charge is 0.126 e. The Morgan fingerprint density at radius 3 is 2.00 bits per heavy atom. The normalized spacial score (nSPS) is 35.8. The molecule has 0 aromatic rings. The molecule has 5 heteroatoms. The first-order valence-corrected chi connectivity index (χ1v) is 9.93. The molecule has 4 aliphatic rings. The van der Waals surface area contributed by atoms with Crippen LogP contribution in [0.4, 0.5) is 0 Å². The number of hydrogen-bond donors (Lipinski definition) is 4. The maximum Gasteiger partial charge on any atom is 0.126 e. The number of hydrogen-bond acceptors (Lipinski definition) is 4. The molecule has 24 heavy (non-hydrogen) atoms. The highest BCUT2D eigenvalue weighted by atomic mass is 16.5. The molecule has 4 rings (SSSR count). The minimum absolute atomic E-state index is 0.0783. The first-order valence-electron chi connectivity index (χ1n) is 9.93. The van der Waals surface area contributed by atoms with Gasteiger partial charge >= 0.3 is 0 Å². The lowest BCUT2D eigenvalue weighted by molar-refractivity contribution is -0.903. The van der Waals surface area contributed by atoms with E-state index in [1.54, 1.807) is 0 Å². The Morgan fingerprint density at radius 2 is 1.50 bits per heavy atom. The minimum Gasteiger partial charge on any atom is -0.391 e. The Bertz CT molecular complexity index is 348. The summed E-state index contributed by atoms with van der Waals surface area (Å²) < 4.78 is 5.80. The van der Waals surface area contributed by atoms with Crippen molar-refractivity contribution in [3.63, 3.8) is 0 Å². The number of nitrogens with one attached hydrogen (secondary N) is 1. The van der Waals surface area contributed by atoms with Crippen LogP contribution in [0.2, 0.25) is 0 Å². The molecule has 0 spiro atoms. The Labute approximate surface area is 146 Å². The van der Waals surface area contributed by atoms with E-state index in [2.05, 4.69) is 0 Å². The van der Waals surface area contributed by atoms with E-state index in [9.17, 15) is 5.11 Å². The van der Waals surface area contributed by atoms with E-state index in [0.29, 0.717) is 31.7 Å². The van der Waals surface area contributed by atoms with E-state index in [4.69, 9.17) is 14.9 Å². The largest absolute Gasteiger partial charge is 0.391 e. The lowest BCUT2D eigenvalue weighted by Crippen LogP contribution is -3.14. The summed E-state index contributed by atoms with van der Waals surface area (Å²) in [6, 6.07) is 0. The SMILES string of the molecule is OCC[NH+](CCO)C[C@@H](O)COCCC12CC3CC(CC(C3)C1)C2. The van der Waals surface area contributed by atoms with Crippen LogP contribution in [-0.2, 0) is 4.74 Å². The van der Waals surface area contributed by atoms with Gasteiger partial charge in [-0.05, 0) is 68.1 Å². The van der Waals surface area contributed by atoms with E-state index in [1.807, 2.05) is 0 Å². The fourth-order valence-electron chi connectivity index (χ4n) is 6.14. The van der Waals surface area contributed by atoms with E-state index in [1.165, 1.54) is 38.5 Å². The Kier molecular flexibility index (Phi) is 6.55. The highest BCUT2D eigenvalue weighted by Crippen LogP contribution is 2.61. The molecule has 4 bridgehead atoms. The molecule has 4 fully saturated rings. The van der Waals surface area contributed by atoms with Gasteiger partial charge in [-0.15, -0.1) is 0 Å². The van der Waals surface area contributed by atoms with E-state index in [0.717, 1.165) is 35.7 Å². The van der Waals surface area contributed by atoms with Crippen molar-refractivity contribution in [3.8, 4) is 0 Å². The number of ether oxygens (including phenoxy) is 1. The lowest BCUT2D eigenvalue weighted by atomic mass is 9.49. The van der Waals surface area contributed by atoms with Crippen molar-refractivity contribution in [2.75, 3.05) is 46.1 Å². The molecule has 140 valence electrons. The van der Waals surface area contributed by atoms with Gasteiger partial charge in [-0.25, -0.2) is 0 Å². The summed E-state index contributed by atoms with van der Waals surface area (Å²) in [7, 11) is 0. The standard InChI is InChI=1S/C19H35NO4/c21-4-2-20(3-5-22)13-18(23)14-24-6-1-19-10-15-7-16(11-19)9-17(8-15)12-19/h15-18,21-23H,1-14H2/p+1/t15?,16?,17?,18-,19?/m1/s1. The predicted molar refractivity (Wildman–Crippen MR) is 91.8 cm³/mol. The third-order valence-corrected chi connectivity index (χ3v) is 6.71. The summed E-state index contributed by atoms with van der Waals surface area (Å²) in [5.41, 5.74) is 0.546. The van der Waals surface area contributed by atoms with Crippen molar-refractivity contribution >= 4 is 0 Å². The summed E-state index contributed by atoms with van der Waals surface area (Å²) in [6.45, 7) is 2.93. The van der Waals surface area contributed by atoms with Crippen LogP contribution >= 0.6 is 0 Å². The summed E-state index contributed by atoms with van der Waals surface area (Å²) in [6.07, 6.45) is 9.32. The Hall–Kier alpha value is -0.200. The molecule has 0 amide bonds. The summed E-state index contributed by atoms with van der Waals surface area (Å²) in [5, 5.41) is 28.2. The van der Waals surface area contributed by atoms with Crippen LogP contribution in [0.1, 0.15) is 44.9 Å². The molecule has 0 unspecified atom stereocenters. The molecular formula is C19H36NO4+. The van der Waals surface area contributed by atoms with Gasteiger partial charge in [0.05, 0.1) is 19.8 Å². The van der Waals surface area contributed by atoms with E-state index in [-0.39, 0.29) is 13.2 Å². The van der Waals surface area contributed by atoms with Crippen LogP contribution < -0.4 is 4.90 Å². The second-order valence-electron chi connectivity index (χ2n) is 8.80. The predicted octanol–water partition coefficient (Wildman–Crippen LogP) is -0.160. The van der Waals surface area contributed by atoms with Crippen LogP contribution in [-0.4, -0.2) is 67.5 Å². The quantitative estimate of drug-likeness (QED) is 0.394. The fraction of sp³-hybridized carbons (Fsp3) is 1.00. The molecule has 1 atom stereocenters. The molecular weight excluding hydrogens is 306 g/mol. The van der Waals surface area contributed by atoms with Gasteiger partial charge in [0, 0.05) is 6.61 Å². The van der Waals surface area contributed by atoms with Gasteiger partial charge in [0.25, 0.3) is 0 Å². The summed E-state index contributed by atoms with van der Waals surface area (Å²) in [4.78, 5) is 1.03. The van der Waals surface area contributed by atoms with Gasteiger partial charge in [-0.3, -0.25) is 0 Å². The van der Waals surface area contributed by atoms with Gasteiger partial charge in [-0.1, -0.05) is 0 Å². The molecule has 4 N–H and O–H groups in total. The fourth-order valence-corrected chi connectivity index (χ4v) is 6.14. The summed E-state index contributed by atoms with van der Waals surface area (Å²) >= 11 is 0. The van der Waals surface area contributed by atoms with Crippen molar-refractivity contribution in [2.24, 2.45) is 23.2 Å². The topological polar surface area (TPSA) is 74.4 Å². The molecule has 0 aliphatic heterocycles. The minimum atomic E-state index is -0.519. The number of quaternary nitrogens is 1. The molecule has 0 radical (unpaired) electrons. The van der Waals surface area contributed by atoms with Crippen molar-refractivity contribution in [3.05, 3.63) is 0 Å². The number of rotatable bonds is 11. The maximum atomic E-state index is 10.1.